The van der Waals surface area contributed by atoms with Crippen molar-refractivity contribution in [2.75, 3.05) is 6.61 Å². The van der Waals surface area contributed by atoms with Crippen LogP contribution in [0, 0.1) is 11.3 Å². The lowest BCUT2D eigenvalue weighted by Crippen LogP contribution is -2.16. The highest BCUT2D eigenvalue weighted by Crippen LogP contribution is 2.22. The number of amides is 1. The lowest BCUT2D eigenvalue weighted by atomic mass is 10.1. The fourth-order valence-electron chi connectivity index (χ4n) is 2.81. The van der Waals surface area contributed by atoms with Gasteiger partial charge in [-0.1, -0.05) is 12.1 Å². The summed E-state index contributed by atoms with van der Waals surface area (Å²) in [5.41, 5.74) is 5.95. The molecule has 138 valence electrons. The average Bonchev–Trinajstić information content (AvgIpc) is 3.13. The van der Waals surface area contributed by atoms with Crippen molar-refractivity contribution in [2.45, 2.75) is 25.5 Å². The van der Waals surface area contributed by atoms with Gasteiger partial charge in [-0.15, -0.1) is 0 Å². The van der Waals surface area contributed by atoms with Crippen molar-refractivity contribution >= 4 is 16.7 Å². The second-order valence-electron chi connectivity index (χ2n) is 6.30. The van der Waals surface area contributed by atoms with Gasteiger partial charge in [0, 0.05) is 12.7 Å². The van der Waals surface area contributed by atoms with Crippen LogP contribution in [0.4, 0.5) is 0 Å². The summed E-state index contributed by atoms with van der Waals surface area (Å²) in [5, 5.41) is 21.1. The predicted molar refractivity (Wildman–Crippen MR) is 100 cm³/mol. The van der Waals surface area contributed by atoms with Gasteiger partial charge < -0.3 is 20.1 Å². The molecule has 3 aromatic rings. The van der Waals surface area contributed by atoms with E-state index in [2.05, 4.69) is 11.1 Å². The smallest absolute Gasteiger partial charge is 0.268 e. The molecule has 0 aliphatic rings. The Kier molecular flexibility index (Phi) is 5.69. The van der Waals surface area contributed by atoms with Gasteiger partial charge in [-0.25, -0.2) is 4.98 Å². The molecule has 1 amide bonds. The first-order chi connectivity index (χ1) is 13.0. The summed E-state index contributed by atoms with van der Waals surface area (Å²) < 4.78 is 7.39. The molecule has 1 unspecified atom stereocenters. The fraction of sp³-hybridized carbons (Fsp3) is 0.250. The molecule has 0 fully saturated rings. The van der Waals surface area contributed by atoms with Gasteiger partial charge >= 0.3 is 0 Å². The molecule has 1 aromatic heterocycles. The third kappa shape index (κ3) is 4.84. The Labute approximate surface area is 156 Å². The number of nitrogens with zero attached hydrogens (tertiary/aromatic N) is 3. The van der Waals surface area contributed by atoms with Crippen LogP contribution in [0.25, 0.3) is 10.8 Å². The first-order valence-corrected chi connectivity index (χ1v) is 8.61. The van der Waals surface area contributed by atoms with Crippen LogP contribution >= 0.6 is 0 Å². The second-order valence-corrected chi connectivity index (χ2v) is 6.30. The zero-order valence-corrected chi connectivity index (χ0v) is 14.7. The molecule has 3 N–H and O–H groups in total. The van der Waals surface area contributed by atoms with Crippen molar-refractivity contribution in [1.29, 1.82) is 5.26 Å². The predicted octanol–water partition coefficient (Wildman–Crippen LogP) is 2.23. The van der Waals surface area contributed by atoms with Crippen molar-refractivity contribution in [3.05, 3.63) is 60.2 Å². The minimum Gasteiger partial charge on any atom is -0.494 e. The summed E-state index contributed by atoms with van der Waals surface area (Å²) in [5.74, 6) is 0.140. The number of nitrogens with two attached hydrogens (primary N) is 1. The molecule has 1 atom stereocenters. The number of carbonyl (C=O) groups is 1. The lowest BCUT2D eigenvalue weighted by molar-refractivity contribution is 0.0995. The maximum atomic E-state index is 11.0. The molecule has 2 aromatic carbocycles. The van der Waals surface area contributed by atoms with Gasteiger partial charge in [0.15, 0.2) is 0 Å². The zero-order valence-electron chi connectivity index (χ0n) is 14.7. The van der Waals surface area contributed by atoms with E-state index >= 15 is 0 Å². The number of hydrogen-bond acceptors (Lipinski definition) is 5. The molecule has 0 saturated heterocycles. The average molecular weight is 364 g/mol. The van der Waals surface area contributed by atoms with E-state index in [9.17, 15) is 9.90 Å². The van der Waals surface area contributed by atoms with Crippen LogP contribution in [-0.2, 0) is 6.54 Å². The van der Waals surface area contributed by atoms with E-state index in [1.54, 1.807) is 10.6 Å². The highest BCUT2D eigenvalue weighted by molar-refractivity contribution is 5.90. The van der Waals surface area contributed by atoms with Crippen LogP contribution in [0.3, 0.4) is 0 Å². The lowest BCUT2D eigenvalue weighted by Gasteiger charge is -2.12. The summed E-state index contributed by atoms with van der Waals surface area (Å²) in [4.78, 5) is 14.9. The summed E-state index contributed by atoms with van der Waals surface area (Å²) >= 11 is 0. The molecule has 0 bridgehead atoms. The number of hydrogen-bond donors (Lipinski definition) is 2. The van der Waals surface area contributed by atoms with Crippen LogP contribution in [-0.4, -0.2) is 33.3 Å². The maximum absolute atomic E-state index is 11.0. The second kappa shape index (κ2) is 8.34. The Morgan fingerprint density at radius 3 is 2.85 bits per heavy atom. The van der Waals surface area contributed by atoms with Gasteiger partial charge in [-0.2, -0.15) is 5.26 Å². The number of carbonyl (C=O) groups excluding carboxylic acids is 1. The number of rotatable bonds is 8. The van der Waals surface area contributed by atoms with E-state index in [0.717, 1.165) is 16.5 Å². The van der Waals surface area contributed by atoms with E-state index in [0.29, 0.717) is 31.6 Å². The molecule has 0 spiro atoms. The van der Waals surface area contributed by atoms with Crippen molar-refractivity contribution in [2.24, 2.45) is 5.73 Å². The molecular weight excluding hydrogens is 344 g/mol. The molecule has 7 nitrogen and oxygen atoms in total. The van der Waals surface area contributed by atoms with Crippen LogP contribution in [0.2, 0.25) is 0 Å². The molecule has 1 heterocycles. The Hall–Kier alpha value is -3.37. The van der Waals surface area contributed by atoms with Crippen molar-refractivity contribution < 1.29 is 14.6 Å². The molecule has 27 heavy (non-hydrogen) atoms. The number of aliphatic hydroxyl groups is 1. The molecule has 3 rings (SSSR count). The van der Waals surface area contributed by atoms with Gasteiger partial charge in [0.1, 0.15) is 11.4 Å². The van der Waals surface area contributed by atoms with Gasteiger partial charge in [0.2, 0.25) is 0 Å². The largest absolute Gasteiger partial charge is 0.494 e. The monoisotopic (exact) mass is 364 g/mol. The number of aliphatic hydroxyl groups excluding tert-OH is 1. The third-order valence-corrected chi connectivity index (χ3v) is 4.20. The maximum Gasteiger partial charge on any atom is 0.268 e. The van der Waals surface area contributed by atoms with E-state index < -0.39 is 12.0 Å². The Balaban J connectivity index is 1.47. The van der Waals surface area contributed by atoms with E-state index in [4.69, 9.17) is 15.7 Å². The molecule has 7 heteroatoms. The molecule has 0 radical (unpaired) electrons. The van der Waals surface area contributed by atoms with Crippen molar-refractivity contribution in [3.8, 4) is 11.8 Å². The minimum absolute atomic E-state index is 0.182. The summed E-state index contributed by atoms with van der Waals surface area (Å²) in [6, 6.07) is 13.4. The molecule has 0 saturated carbocycles. The minimum atomic E-state index is -0.589. The first-order valence-electron chi connectivity index (χ1n) is 8.61. The normalized spacial score (nSPS) is 11.9. The van der Waals surface area contributed by atoms with E-state index in [-0.39, 0.29) is 5.69 Å². The Bertz CT molecular complexity index is 990. The highest BCUT2D eigenvalue weighted by atomic mass is 16.5. The first kappa shape index (κ1) is 18.4. The number of benzene rings is 2. The van der Waals surface area contributed by atoms with Crippen LogP contribution in [0.5, 0.6) is 5.75 Å². The number of aromatic nitrogens is 2. The van der Waals surface area contributed by atoms with Gasteiger partial charge in [-0.05, 0) is 47.9 Å². The number of nitriles is 1. The Morgan fingerprint density at radius 1 is 1.30 bits per heavy atom. The van der Waals surface area contributed by atoms with Crippen LogP contribution < -0.4 is 10.5 Å². The van der Waals surface area contributed by atoms with Crippen molar-refractivity contribution in [1.82, 2.24) is 9.55 Å². The number of fused-ring (bicyclic) bond motifs is 1. The fourth-order valence-corrected chi connectivity index (χ4v) is 2.81. The molecule has 0 aliphatic carbocycles. The van der Waals surface area contributed by atoms with E-state index in [1.807, 2.05) is 30.3 Å². The third-order valence-electron chi connectivity index (χ3n) is 4.20. The summed E-state index contributed by atoms with van der Waals surface area (Å²) in [6.45, 7) is 0.810. The Morgan fingerprint density at radius 2 is 2.11 bits per heavy atom. The zero-order chi connectivity index (χ0) is 19.2. The van der Waals surface area contributed by atoms with Crippen LogP contribution in [0.15, 0.2) is 48.9 Å². The molecule has 0 aliphatic heterocycles. The quantitative estimate of drug-likeness (QED) is 0.595. The van der Waals surface area contributed by atoms with Crippen LogP contribution in [0.1, 0.15) is 28.9 Å². The van der Waals surface area contributed by atoms with Gasteiger partial charge in [0.25, 0.3) is 5.91 Å². The SMILES string of the molecule is N#Cc1ccc2ccc(OCCCC(O)Cn3cnc(C(N)=O)c3)cc2c1. The highest BCUT2D eigenvalue weighted by Gasteiger charge is 2.09. The number of imidazole rings is 1. The standard InChI is InChI=1S/C20H20N4O3/c21-10-14-3-4-15-5-6-18(9-16(15)8-14)27-7-1-2-17(25)11-24-12-19(20(22)26)23-13-24/h3-6,8-9,12-13,17,25H,1-2,7,11H2,(H2,22,26). The summed E-state index contributed by atoms with van der Waals surface area (Å²) in [6.07, 6.45) is 3.65. The number of primary amides is 1. The molecular formula is C20H20N4O3. The van der Waals surface area contributed by atoms with E-state index in [1.165, 1.54) is 12.5 Å². The number of ether oxygens (including phenoxy) is 1. The van der Waals surface area contributed by atoms with Gasteiger partial charge in [0.05, 0.1) is 30.7 Å². The summed E-state index contributed by atoms with van der Waals surface area (Å²) in [7, 11) is 0. The van der Waals surface area contributed by atoms with Gasteiger partial charge in [-0.3, -0.25) is 4.79 Å². The topological polar surface area (TPSA) is 114 Å². The van der Waals surface area contributed by atoms with Crippen molar-refractivity contribution in [3.63, 3.8) is 0 Å².